The minimum Gasteiger partial charge on any atom is -0.444 e. The molecule has 0 unspecified atom stereocenters. The molecule has 0 radical (unpaired) electrons. The summed E-state index contributed by atoms with van der Waals surface area (Å²) in [5.74, 6) is 1.40. The second-order valence-corrected chi connectivity index (χ2v) is 6.94. The Morgan fingerprint density at radius 2 is 1.73 bits per heavy atom. The summed E-state index contributed by atoms with van der Waals surface area (Å²) in [4.78, 5) is 11.1. The monoisotopic (exact) mass is 519 g/mol. The van der Waals surface area contributed by atoms with Crippen molar-refractivity contribution in [3.8, 4) is 11.5 Å². The molecule has 0 saturated carbocycles. The fraction of sp³-hybridized carbons (Fsp3) is 0.304. The first-order chi connectivity index (χ1) is 14.2. The van der Waals surface area contributed by atoms with Crippen LogP contribution in [0.1, 0.15) is 17.7 Å². The highest BCUT2D eigenvalue weighted by atomic mass is 127. The molecule has 0 fully saturated rings. The van der Waals surface area contributed by atoms with Gasteiger partial charge in [-0.2, -0.15) is 0 Å². The van der Waals surface area contributed by atoms with Crippen LogP contribution in [0, 0.1) is 0 Å². The Kier molecular flexibility index (Phi) is 10.4. The molecule has 3 rings (SSSR count). The lowest BCUT2D eigenvalue weighted by molar-refractivity contribution is 0.322. The van der Waals surface area contributed by atoms with E-state index in [2.05, 4.69) is 56.8 Å². The number of rotatable bonds is 9. The summed E-state index contributed by atoms with van der Waals surface area (Å²) in [6.07, 6.45) is 2.72. The molecule has 0 bridgehead atoms. The van der Waals surface area contributed by atoms with Crippen LogP contribution in [-0.4, -0.2) is 43.0 Å². The smallest absolute Gasteiger partial charge is 0.226 e. The van der Waals surface area contributed by atoms with Crippen molar-refractivity contribution in [2.75, 3.05) is 27.2 Å². The molecule has 0 aliphatic carbocycles. The van der Waals surface area contributed by atoms with Gasteiger partial charge in [-0.1, -0.05) is 48.5 Å². The van der Waals surface area contributed by atoms with E-state index in [1.807, 2.05) is 36.4 Å². The third-order valence-corrected chi connectivity index (χ3v) is 4.54. The zero-order chi connectivity index (χ0) is 20.3. The van der Waals surface area contributed by atoms with Crippen LogP contribution in [0.25, 0.3) is 11.5 Å². The van der Waals surface area contributed by atoms with E-state index in [0.717, 1.165) is 43.3 Å². The summed E-state index contributed by atoms with van der Waals surface area (Å²) in [7, 11) is 3.92. The molecular weight excluding hydrogens is 489 g/mol. The van der Waals surface area contributed by atoms with E-state index in [1.165, 1.54) is 5.56 Å². The van der Waals surface area contributed by atoms with Crippen molar-refractivity contribution < 1.29 is 4.42 Å². The molecule has 0 aliphatic rings. The van der Waals surface area contributed by atoms with Crippen molar-refractivity contribution >= 4 is 29.9 Å². The maximum absolute atomic E-state index is 5.57. The van der Waals surface area contributed by atoms with Gasteiger partial charge in [0.1, 0.15) is 6.26 Å². The van der Waals surface area contributed by atoms with Gasteiger partial charge in [0.25, 0.3) is 0 Å². The Labute approximate surface area is 195 Å². The van der Waals surface area contributed by atoms with Crippen LogP contribution in [0.3, 0.4) is 0 Å². The Morgan fingerprint density at radius 1 is 1.03 bits per heavy atom. The van der Waals surface area contributed by atoms with E-state index >= 15 is 0 Å². The van der Waals surface area contributed by atoms with Crippen LogP contribution >= 0.6 is 24.0 Å². The first-order valence-corrected chi connectivity index (χ1v) is 9.91. The first kappa shape index (κ1) is 23.9. The molecule has 7 heteroatoms. The average Bonchev–Trinajstić information content (AvgIpc) is 3.24. The van der Waals surface area contributed by atoms with Crippen molar-refractivity contribution in [2.24, 2.45) is 4.99 Å². The van der Waals surface area contributed by atoms with Gasteiger partial charge in [0, 0.05) is 25.7 Å². The van der Waals surface area contributed by atoms with Crippen LogP contribution in [0.2, 0.25) is 0 Å². The molecule has 30 heavy (non-hydrogen) atoms. The molecule has 0 amide bonds. The van der Waals surface area contributed by atoms with Gasteiger partial charge in [-0.3, -0.25) is 4.99 Å². The van der Waals surface area contributed by atoms with E-state index < -0.39 is 0 Å². The molecule has 0 atom stereocenters. The molecule has 1 aromatic heterocycles. The van der Waals surface area contributed by atoms with Crippen LogP contribution in [0.15, 0.2) is 76.3 Å². The van der Waals surface area contributed by atoms with Gasteiger partial charge >= 0.3 is 0 Å². The molecule has 3 aromatic rings. The number of hydrogen-bond acceptors (Lipinski definition) is 4. The normalized spacial score (nSPS) is 11.2. The molecular formula is C23H30IN5O. The predicted octanol–water partition coefficient (Wildman–Crippen LogP) is 4.15. The maximum Gasteiger partial charge on any atom is 0.226 e. The summed E-state index contributed by atoms with van der Waals surface area (Å²) < 4.78 is 5.57. The molecule has 6 nitrogen and oxygen atoms in total. The Morgan fingerprint density at radius 3 is 2.43 bits per heavy atom. The lowest BCUT2D eigenvalue weighted by atomic mass is 10.2. The third-order valence-electron chi connectivity index (χ3n) is 4.54. The van der Waals surface area contributed by atoms with Gasteiger partial charge in [-0.15, -0.1) is 24.0 Å². The highest BCUT2D eigenvalue weighted by molar-refractivity contribution is 14.0. The molecule has 0 spiro atoms. The highest BCUT2D eigenvalue weighted by Crippen LogP contribution is 2.17. The second-order valence-electron chi connectivity index (χ2n) is 6.94. The minimum absolute atomic E-state index is 0. The van der Waals surface area contributed by atoms with Gasteiger partial charge in [0.05, 0.1) is 12.2 Å². The molecule has 160 valence electrons. The average molecular weight is 519 g/mol. The quantitative estimate of drug-likeness (QED) is 0.193. The fourth-order valence-corrected chi connectivity index (χ4v) is 3.03. The van der Waals surface area contributed by atoms with E-state index in [1.54, 1.807) is 13.3 Å². The van der Waals surface area contributed by atoms with Crippen LogP contribution < -0.4 is 10.6 Å². The fourth-order valence-electron chi connectivity index (χ4n) is 3.03. The summed E-state index contributed by atoms with van der Waals surface area (Å²) in [6, 6.07) is 20.4. The molecule has 0 aliphatic heterocycles. The maximum atomic E-state index is 5.57. The van der Waals surface area contributed by atoms with E-state index in [4.69, 9.17) is 4.42 Å². The number of benzene rings is 2. The summed E-state index contributed by atoms with van der Waals surface area (Å²) in [5.41, 5.74) is 3.15. The second kappa shape index (κ2) is 13.0. The molecule has 0 saturated heterocycles. The van der Waals surface area contributed by atoms with Crippen molar-refractivity contribution in [2.45, 2.75) is 19.5 Å². The number of aliphatic imine (C=N–C) groups is 1. The largest absolute Gasteiger partial charge is 0.444 e. The Hall–Kier alpha value is -2.39. The number of halogens is 1. The number of hydrogen-bond donors (Lipinski definition) is 2. The third kappa shape index (κ3) is 7.79. The van der Waals surface area contributed by atoms with Crippen LogP contribution in [-0.2, 0) is 13.1 Å². The number of oxazole rings is 1. The van der Waals surface area contributed by atoms with E-state index in [0.29, 0.717) is 12.4 Å². The van der Waals surface area contributed by atoms with Gasteiger partial charge in [0.2, 0.25) is 5.89 Å². The van der Waals surface area contributed by atoms with Gasteiger partial charge in [-0.25, -0.2) is 4.98 Å². The van der Waals surface area contributed by atoms with Crippen molar-refractivity contribution in [3.05, 3.63) is 78.2 Å². The summed E-state index contributed by atoms with van der Waals surface area (Å²) >= 11 is 0. The van der Waals surface area contributed by atoms with E-state index in [9.17, 15) is 0 Å². The first-order valence-electron chi connectivity index (χ1n) is 9.91. The predicted molar refractivity (Wildman–Crippen MR) is 133 cm³/mol. The van der Waals surface area contributed by atoms with Crippen molar-refractivity contribution in [3.63, 3.8) is 0 Å². The van der Waals surface area contributed by atoms with Crippen molar-refractivity contribution in [1.29, 1.82) is 0 Å². The van der Waals surface area contributed by atoms with E-state index in [-0.39, 0.29) is 24.0 Å². The molecule has 2 aromatic carbocycles. The van der Waals surface area contributed by atoms with Crippen LogP contribution in [0.4, 0.5) is 0 Å². The topological polar surface area (TPSA) is 65.7 Å². The SMILES string of the molecule is CN=C(NCCCN(C)Cc1ccccc1)NCc1coc(-c2ccccc2)n1.I. The Balaban J connectivity index is 0.00000320. The van der Waals surface area contributed by atoms with Gasteiger partial charge in [-0.05, 0) is 37.7 Å². The summed E-state index contributed by atoms with van der Waals surface area (Å²) in [5, 5.41) is 6.63. The molecule has 2 N–H and O–H groups in total. The lowest BCUT2D eigenvalue weighted by Gasteiger charge is -2.17. The van der Waals surface area contributed by atoms with Crippen molar-refractivity contribution in [1.82, 2.24) is 20.5 Å². The summed E-state index contributed by atoms with van der Waals surface area (Å²) in [6.45, 7) is 3.39. The Bertz CT molecular complexity index is 883. The number of guanidine groups is 1. The van der Waals surface area contributed by atoms with Gasteiger partial charge < -0.3 is 20.0 Å². The number of nitrogens with one attached hydrogen (secondary N) is 2. The number of nitrogens with zero attached hydrogens (tertiary/aromatic N) is 3. The standard InChI is InChI=1S/C23H29N5O.HI/c1-24-23(25-14-9-15-28(2)17-19-10-5-3-6-11-19)26-16-21-18-29-22(27-21)20-12-7-4-8-13-20;/h3-8,10-13,18H,9,14-17H2,1-2H3,(H2,24,25,26);1H. The lowest BCUT2D eigenvalue weighted by Crippen LogP contribution is -2.38. The zero-order valence-electron chi connectivity index (χ0n) is 17.5. The van der Waals surface area contributed by atoms with Gasteiger partial charge in [0.15, 0.2) is 5.96 Å². The van der Waals surface area contributed by atoms with Crippen LogP contribution in [0.5, 0.6) is 0 Å². The minimum atomic E-state index is 0. The molecule has 1 heterocycles. The highest BCUT2D eigenvalue weighted by Gasteiger charge is 2.07. The zero-order valence-corrected chi connectivity index (χ0v) is 19.9. The number of aromatic nitrogens is 1.